The van der Waals surface area contributed by atoms with Crippen LogP contribution in [0.2, 0.25) is 0 Å². The Balaban J connectivity index is 2.63. The summed E-state index contributed by atoms with van der Waals surface area (Å²) in [5.41, 5.74) is 0.825. The van der Waals surface area contributed by atoms with Crippen LogP contribution in [0.15, 0.2) is 34.8 Å². The van der Waals surface area contributed by atoms with Gasteiger partial charge in [0.05, 0.1) is 0 Å². The number of alkyl halides is 2. The van der Waals surface area contributed by atoms with Crippen LogP contribution in [-0.4, -0.2) is 31.4 Å². The topological polar surface area (TPSA) is 17.1 Å². The predicted molar refractivity (Wildman–Crippen MR) is 71.1 cm³/mol. The molecule has 0 heterocycles. The number of fused-ring (bicyclic) bond motifs is 1. The molecule has 0 amide bonds. The van der Waals surface area contributed by atoms with Gasteiger partial charge in [-0.1, -0.05) is 0 Å². The Bertz CT molecular complexity index is 608. The van der Waals surface area contributed by atoms with Crippen LogP contribution < -0.4 is 0 Å². The van der Waals surface area contributed by atoms with Gasteiger partial charge in [0.1, 0.15) is 0 Å². The van der Waals surface area contributed by atoms with Gasteiger partial charge in [0.15, 0.2) is 0 Å². The minimum absolute atomic E-state index is 0.00625. The SMILES string of the molecule is O=CCc1ccc2cc(Br)c([C](F)(F)[Po])cc2c1. The number of carbonyl (C=O) groups is 1. The van der Waals surface area contributed by atoms with Crippen molar-refractivity contribution in [2.75, 3.05) is 0 Å². The number of halogens is 3. The first-order valence-corrected chi connectivity index (χ1v) is 7.54. The first-order valence-electron chi connectivity index (χ1n) is 5.16. The van der Waals surface area contributed by atoms with Crippen molar-refractivity contribution in [1.29, 1.82) is 0 Å². The molecule has 0 atom stereocenters. The monoisotopic (exact) mass is 506 g/mol. The second-order valence-corrected chi connectivity index (χ2v) is 6.75. The third kappa shape index (κ3) is 2.95. The van der Waals surface area contributed by atoms with E-state index in [4.69, 9.17) is 0 Å². The van der Waals surface area contributed by atoms with Gasteiger partial charge in [-0.25, -0.2) is 0 Å². The van der Waals surface area contributed by atoms with Crippen LogP contribution in [-0.2, 0) is 14.8 Å². The number of benzene rings is 2. The van der Waals surface area contributed by atoms with E-state index in [1.165, 1.54) is 6.07 Å². The molecule has 0 unspecified atom stereocenters. The molecule has 0 saturated heterocycles. The van der Waals surface area contributed by atoms with Gasteiger partial charge in [-0.2, -0.15) is 0 Å². The van der Waals surface area contributed by atoms with Crippen LogP contribution in [0, 0.1) is 0 Å². The van der Waals surface area contributed by atoms with Crippen LogP contribution in [0.1, 0.15) is 11.1 Å². The third-order valence-corrected chi connectivity index (χ3v) is 4.13. The van der Waals surface area contributed by atoms with Crippen LogP contribution in [0.5, 0.6) is 0 Å². The number of aldehydes is 1. The van der Waals surface area contributed by atoms with Crippen molar-refractivity contribution in [2.24, 2.45) is 0 Å². The van der Waals surface area contributed by atoms with Crippen LogP contribution in [0.3, 0.4) is 0 Å². The van der Waals surface area contributed by atoms with E-state index < -0.39 is 3.58 Å². The zero-order valence-electron chi connectivity index (χ0n) is 9.12. The summed E-state index contributed by atoms with van der Waals surface area (Å²) in [5.74, 6) is 0. The van der Waals surface area contributed by atoms with E-state index in [1.54, 1.807) is 12.1 Å². The van der Waals surface area contributed by atoms with Crippen LogP contribution >= 0.6 is 15.9 Å². The van der Waals surface area contributed by atoms with Crippen molar-refractivity contribution in [3.8, 4) is 0 Å². The van der Waals surface area contributed by atoms with Gasteiger partial charge in [0, 0.05) is 0 Å². The molecule has 5 heteroatoms. The summed E-state index contributed by atoms with van der Waals surface area (Å²) in [7, 11) is 0. The molecule has 0 saturated carbocycles. The molecule has 0 N–H and O–H groups in total. The molecular weight excluding hydrogens is 499 g/mol. The van der Waals surface area contributed by atoms with E-state index in [2.05, 4.69) is 15.9 Å². The van der Waals surface area contributed by atoms with E-state index in [0.29, 0.717) is 10.9 Å². The zero-order chi connectivity index (χ0) is 13.3. The van der Waals surface area contributed by atoms with Gasteiger partial charge in [-0.05, 0) is 0 Å². The Hall–Kier alpha value is -0.394. The van der Waals surface area contributed by atoms with Gasteiger partial charge < -0.3 is 0 Å². The molecule has 93 valence electrons. The molecule has 0 aromatic heterocycles. The van der Waals surface area contributed by atoms with E-state index >= 15 is 0 Å². The second-order valence-electron chi connectivity index (χ2n) is 3.90. The Morgan fingerprint density at radius 3 is 2.56 bits per heavy atom. The van der Waals surface area contributed by atoms with Crippen LogP contribution in [0.4, 0.5) is 8.78 Å². The van der Waals surface area contributed by atoms with Crippen molar-refractivity contribution < 1.29 is 13.6 Å². The van der Waals surface area contributed by atoms with Gasteiger partial charge in [-0.3, -0.25) is 0 Å². The maximum atomic E-state index is 13.4. The second kappa shape index (κ2) is 5.31. The average Bonchev–Trinajstić information content (AvgIpc) is 2.27. The number of rotatable bonds is 3. The standard InChI is InChI=1S/C13H8BrF2O.Po/c14-12-7-9-2-1-8(3-4-17)5-10(9)6-11(12)13(15)16;/h1-2,4-7H,3H2;. The fourth-order valence-corrected chi connectivity index (χ4v) is 3.59. The summed E-state index contributed by atoms with van der Waals surface area (Å²) in [6.07, 6.45) is 1.11. The molecule has 2 aromatic rings. The Morgan fingerprint density at radius 1 is 1.22 bits per heavy atom. The molecule has 1 radical (unpaired) electrons. The molecule has 18 heavy (non-hydrogen) atoms. The van der Waals surface area contributed by atoms with Crippen molar-refractivity contribution >= 4 is 58.1 Å². The third-order valence-electron chi connectivity index (χ3n) is 2.62. The number of carbonyl (C=O) groups excluding carboxylic acids is 1. The molecule has 0 bridgehead atoms. The van der Waals surface area contributed by atoms with Crippen molar-refractivity contribution in [1.82, 2.24) is 0 Å². The molecule has 2 rings (SSSR count). The normalized spacial score (nSPS) is 11.8. The summed E-state index contributed by atoms with van der Waals surface area (Å²) in [6, 6.07) is 8.62. The Kier molecular flexibility index (Phi) is 4.13. The van der Waals surface area contributed by atoms with Gasteiger partial charge >= 0.3 is 128 Å². The molecule has 0 fully saturated rings. The molecule has 0 aliphatic heterocycles. The number of hydrogen-bond acceptors (Lipinski definition) is 1. The fraction of sp³-hybridized carbons (Fsp3) is 0.154. The zero-order valence-corrected chi connectivity index (χ0v) is 13.9. The van der Waals surface area contributed by atoms with E-state index in [1.807, 2.05) is 12.1 Å². The van der Waals surface area contributed by atoms with Gasteiger partial charge in [0.25, 0.3) is 0 Å². The summed E-state index contributed by atoms with van der Waals surface area (Å²) >= 11 is 3.39. The van der Waals surface area contributed by atoms with Crippen molar-refractivity contribution in [3.63, 3.8) is 0 Å². The summed E-state index contributed by atoms with van der Waals surface area (Å²) in [5, 5.41) is 1.60. The average molecular weight is 507 g/mol. The first kappa shape index (κ1) is 14.0. The Labute approximate surface area is 127 Å². The fourth-order valence-electron chi connectivity index (χ4n) is 1.77. The summed E-state index contributed by atoms with van der Waals surface area (Å²) in [4.78, 5) is 10.5. The summed E-state index contributed by atoms with van der Waals surface area (Å²) < 4.78 is 24.5. The van der Waals surface area contributed by atoms with Crippen molar-refractivity contribution in [3.05, 3.63) is 45.9 Å². The van der Waals surface area contributed by atoms with E-state index in [0.717, 1.165) is 22.6 Å². The van der Waals surface area contributed by atoms with Gasteiger partial charge in [-0.15, -0.1) is 0 Å². The van der Waals surface area contributed by atoms with E-state index in [-0.39, 0.29) is 30.6 Å². The Morgan fingerprint density at radius 2 is 1.94 bits per heavy atom. The number of hydrogen-bond donors (Lipinski definition) is 0. The van der Waals surface area contributed by atoms with E-state index in [9.17, 15) is 13.6 Å². The molecule has 1 nitrogen and oxygen atoms in total. The first-order chi connectivity index (χ1) is 8.41. The molecular formula is C13H8BrF2OPo. The maximum absolute atomic E-state index is 13.4. The minimum atomic E-state index is -2.81. The summed E-state index contributed by atoms with van der Waals surface area (Å²) in [6.45, 7) is 0. The molecule has 2 aromatic carbocycles. The molecule has 0 spiro atoms. The quantitative estimate of drug-likeness (QED) is 0.582. The van der Waals surface area contributed by atoms with Gasteiger partial charge in [0.2, 0.25) is 0 Å². The molecule has 0 aliphatic rings. The molecule has 0 aliphatic carbocycles. The predicted octanol–water partition coefficient (Wildman–Crippen LogP) is 3.56. The van der Waals surface area contributed by atoms with Crippen molar-refractivity contribution in [2.45, 2.75) is 10.0 Å². The van der Waals surface area contributed by atoms with Crippen LogP contribution in [0.25, 0.3) is 10.8 Å².